The van der Waals surface area contributed by atoms with Gasteiger partial charge in [0.15, 0.2) is 6.61 Å². The minimum Gasteiger partial charge on any atom is -0.454 e. The Labute approximate surface area is 169 Å². The summed E-state index contributed by atoms with van der Waals surface area (Å²) in [5, 5.41) is 0.254. The number of anilines is 1. The summed E-state index contributed by atoms with van der Waals surface area (Å²) in [4.78, 5) is 53.4. The fourth-order valence-corrected chi connectivity index (χ4v) is 3.24. The first-order valence-electron chi connectivity index (χ1n) is 8.58. The molecule has 3 aromatic rings. The molecular formula is C21H13ClN2O5. The molecule has 0 aliphatic carbocycles. The lowest BCUT2D eigenvalue weighted by Gasteiger charge is -2.15. The molecule has 1 aliphatic heterocycles. The number of aromatic nitrogens is 1. The van der Waals surface area contributed by atoms with E-state index in [0.717, 1.165) is 4.90 Å². The molecule has 8 heteroatoms. The molecule has 1 aromatic heterocycles. The standard InChI is InChI=1S/C21H13ClN2O5/c22-15-4-1-2-6-17(15)24-19(26)13-8-7-12(10-14(13)20(24)27)21(28)29-11-18(25)16-5-3-9-23-16/h1-10,23H,11H2. The zero-order valence-electron chi connectivity index (χ0n) is 14.8. The maximum absolute atomic E-state index is 12.8. The largest absolute Gasteiger partial charge is 0.454 e. The number of benzene rings is 2. The smallest absolute Gasteiger partial charge is 0.338 e. The van der Waals surface area contributed by atoms with Crippen LogP contribution in [0.15, 0.2) is 60.8 Å². The van der Waals surface area contributed by atoms with Crippen LogP contribution in [0.3, 0.4) is 0 Å². The third-order valence-electron chi connectivity index (χ3n) is 4.45. The Balaban J connectivity index is 1.55. The van der Waals surface area contributed by atoms with Gasteiger partial charge in [-0.1, -0.05) is 23.7 Å². The van der Waals surface area contributed by atoms with Crippen molar-refractivity contribution in [3.8, 4) is 0 Å². The van der Waals surface area contributed by atoms with Gasteiger partial charge >= 0.3 is 5.97 Å². The topological polar surface area (TPSA) is 96.5 Å². The number of ketones is 1. The van der Waals surface area contributed by atoms with Gasteiger partial charge < -0.3 is 9.72 Å². The van der Waals surface area contributed by atoms with Crippen molar-refractivity contribution in [2.45, 2.75) is 0 Å². The predicted octanol–water partition coefficient (Wildman–Crippen LogP) is 3.51. The molecule has 7 nitrogen and oxygen atoms in total. The zero-order valence-corrected chi connectivity index (χ0v) is 15.6. The number of ether oxygens (including phenoxy) is 1. The minimum absolute atomic E-state index is 0.0604. The van der Waals surface area contributed by atoms with E-state index >= 15 is 0 Å². The first-order valence-corrected chi connectivity index (χ1v) is 8.96. The van der Waals surface area contributed by atoms with Gasteiger partial charge in [-0.15, -0.1) is 0 Å². The number of hydrogen-bond acceptors (Lipinski definition) is 5. The summed E-state index contributed by atoms with van der Waals surface area (Å²) in [5.41, 5.74) is 0.878. The molecule has 0 saturated carbocycles. The molecule has 2 aromatic carbocycles. The summed E-state index contributed by atoms with van der Waals surface area (Å²) >= 11 is 6.12. The molecule has 0 spiro atoms. The Morgan fingerprint density at radius 1 is 0.966 bits per heavy atom. The SMILES string of the molecule is O=C(OCC(=O)c1ccc[nH]1)c1ccc2c(c1)C(=O)N(c1ccccc1Cl)C2=O. The molecule has 2 heterocycles. The van der Waals surface area contributed by atoms with Gasteiger partial charge in [0.2, 0.25) is 5.78 Å². The summed E-state index contributed by atoms with van der Waals surface area (Å²) < 4.78 is 5.03. The Hall–Kier alpha value is -3.71. The van der Waals surface area contributed by atoms with E-state index in [-0.39, 0.29) is 33.2 Å². The molecule has 4 rings (SSSR count). The Bertz CT molecular complexity index is 1150. The number of hydrogen-bond donors (Lipinski definition) is 1. The van der Waals surface area contributed by atoms with E-state index in [9.17, 15) is 19.2 Å². The number of Topliss-reactive ketones (excluding diaryl/α,β-unsaturated/α-hetero) is 1. The second-order valence-corrected chi connectivity index (χ2v) is 6.65. The van der Waals surface area contributed by atoms with Crippen molar-refractivity contribution in [1.29, 1.82) is 0 Å². The Morgan fingerprint density at radius 2 is 1.72 bits per heavy atom. The number of H-pyrrole nitrogens is 1. The van der Waals surface area contributed by atoms with Gasteiger partial charge in [0.25, 0.3) is 11.8 Å². The molecular weight excluding hydrogens is 396 g/mol. The number of nitrogens with one attached hydrogen (secondary N) is 1. The van der Waals surface area contributed by atoms with Crippen LogP contribution in [-0.2, 0) is 4.74 Å². The van der Waals surface area contributed by atoms with Crippen LogP contribution in [0.25, 0.3) is 0 Å². The van der Waals surface area contributed by atoms with Crippen LogP contribution in [0, 0.1) is 0 Å². The number of carbonyl (C=O) groups is 4. The van der Waals surface area contributed by atoms with E-state index in [0.29, 0.717) is 5.69 Å². The van der Waals surface area contributed by atoms with Crippen molar-refractivity contribution in [2.24, 2.45) is 0 Å². The van der Waals surface area contributed by atoms with Crippen molar-refractivity contribution in [2.75, 3.05) is 11.5 Å². The van der Waals surface area contributed by atoms with Crippen LogP contribution >= 0.6 is 11.6 Å². The van der Waals surface area contributed by atoms with E-state index in [1.54, 1.807) is 42.6 Å². The maximum Gasteiger partial charge on any atom is 0.338 e. The summed E-state index contributed by atoms with van der Waals surface area (Å²) in [6.45, 7) is -0.449. The maximum atomic E-state index is 12.8. The predicted molar refractivity (Wildman–Crippen MR) is 104 cm³/mol. The van der Waals surface area contributed by atoms with Gasteiger partial charge in [-0.05, 0) is 42.5 Å². The fraction of sp³-hybridized carbons (Fsp3) is 0.0476. The second kappa shape index (κ2) is 7.37. The molecule has 1 N–H and O–H groups in total. The minimum atomic E-state index is -0.774. The molecule has 1 aliphatic rings. The number of imide groups is 1. The molecule has 144 valence electrons. The van der Waals surface area contributed by atoms with Crippen molar-refractivity contribution in [3.63, 3.8) is 0 Å². The fourth-order valence-electron chi connectivity index (χ4n) is 3.02. The monoisotopic (exact) mass is 408 g/mol. The number of esters is 1. The van der Waals surface area contributed by atoms with E-state index in [1.165, 1.54) is 18.2 Å². The van der Waals surface area contributed by atoms with Crippen molar-refractivity contribution < 1.29 is 23.9 Å². The average Bonchev–Trinajstić information content (AvgIpc) is 3.34. The van der Waals surface area contributed by atoms with Gasteiger partial charge in [-0.2, -0.15) is 0 Å². The van der Waals surface area contributed by atoms with Crippen LogP contribution < -0.4 is 4.90 Å². The van der Waals surface area contributed by atoms with Gasteiger partial charge in [-0.3, -0.25) is 14.4 Å². The number of nitrogens with zero attached hydrogens (tertiary/aromatic N) is 1. The molecule has 0 atom stereocenters. The van der Waals surface area contributed by atoms with Crippen molar-refractivity contribution in [3.05, 3.63) is 88.2 Å². The molecule has 0 radical (unpaired) electrons. The highest BCUT2D eigenvalue weighted by molar-refractivity contribution is 6.39. The van der Waals surface area contributed by atoms with E-state index in [2.05, 4.69) is 4.98 Å². The summed E-state index contributed by atoms with van der Waals surface area (Å²) in [6, 6.07) is 13.8. The number of aromatic amines is 1. The van der Waals surface area contributed by atoms with E-state index in [4.69, 9.17) is 16.3 Å². The Kier molecular flexibility index (Phi) is 4.74. The number of para-hydroxylation sites is 1. The number of fused-ring (bicyclic) bond motifs is 1. The van der Waals surface area contributed by atoms with Crippen LogP contribution in [0.2, 0.25) is 5.02 Å². The lowest BCUT2D eigenvalue weighted by atomic mass is 10.1. The highest BCUT2D eigenvalue weighted by Crippen LogP contribution is 2.33. The third kappa shape index (κ3) is 3.32. The Morgan fingerprint density at radius 3 is 2.45 bits per heavy atom. The normalized spacial score (nSPS) is 12.8. The lowest BCUT2D eigenvalue weighted by molar-refractivity contribution is 0.0473. The number of halogens is 1. The van der Waals surface area contributed by atoms with Crippen LogP contribution in [-0.4, -0.2) is 35.2 Å². The van der Waals surface area contributed by atoms with Crippen LogP contribution in [0.5, 0.6) is 0 Å². The summed E-state index contributed by atoms with van der Waals surface area (Å²) in [5.74, 6) is -2.28. The molecule has 0 bridgehead atoms. The van der Waals surface area contributed by atoms with E-state index in [1.807, 2.05) is 0 Å². The number of rotatable bonds is 5. The third-order valence-corrected chi connectivity index (χ3v) is 4.77. The van der Waals surface area contributed by atoms with Gasteiger partial charge in [0, 0.05) is 6.20 Å². The molecule has 0 saturated heterocycles. The summed E-state index contributed by atoms with van der Waals surface area (Å²) in [7, 11) is 0. The van der Waals surface area contributed by atoms with E-state index < -0.39 is 24.4 Å². The molecule has 0 fully saturated rings. The van der Waals surface area contributed by atoms with Crippen molar-refractivity contribution >= 4 is 40.9 Å². The second-order valence-electron chi connectivity index (χ2n) is 6.24. The zero-order chi connectivity index (χ0) is 20.5. The quantitative estimate of drug-likeness (QED) is 0.396. The molecule has 2 amide bonds. The van der Waals surface area contributed by atoms with Gasteiger partial charge in [0.1, 0.15) is 0 Å². The molecule has 0 unspecified atom stereocenters. The lowest BCUT2D eigenvalue weighted by Crippen LogP contribution is -2.29. The first kappa shape index (κ1) is 18.6. The highest BCUT2D eigenvalue weighted by Gasteiger charge is 2.38. The van der Waals surface area contributed by atoms with Crippen LogP contribution in [0.1, 0.15) is 41.6 Å². The molecule has 29 heavy (non-hydrogen) atoms. The number of amides is 2. The van der Waals surface area contributed by atoms with Gasteiger partial charge in [0.05, 0.1) is 33.1 Å². The first-order chi connectivity index (χ1) is 14.0. The highest BCUT2D eigenvalue weighted by atomic mass is 35.5. The summed E-state index contributed by atoms with van der Waals surface area (Å²) in [6.07, 6.45) is 1.59. The van der Waals surface area contributed by atoms with Gasteiger partial charge in [-0.25, -0.2) is 9.69 Å². The van der Waals surface area contributed by atoms with Crippen molar-refractivity contribution in [1.82, 2.24) is 4.98 Å². The average molecular weight is 409 g/mol. The van der Waals surface area contributed by atoms with Crippen LogP contribution in [0.4, 0.5) is 5.69 Å². The number of carbonyl (C=O) groups excluding carboxylic acids is 4.